The van der Waals surface area contributed by atoms with Crippen molar-refractivity contribution >= 4 is 6.03 Å². The molecule has 1 amide bonds. The summed E-state index contributed by atoms with van der Waals surface area (Å²) in [6.07, 6.45) is 7.09. The van der Waals surface area contributed by atoms with Crippen LogP contribution in [0.2, 0.25) is 0 Å². The molecule has 3 rings (SSSR count). The third-order valence-corrected chi connectivity index (χ3v) is 3.63. The Morgan fingerprint density at radius 3 is 2.85 bits per heavy atom. The van der Waals surface area contributed by atoms with Crippen LogP contribution in [0.1, 0.15) is 24.6 Å². The number of imidazole rings is 1. The molecular weight excluding hydrogens is 254 g/mol. The van der Waals surface area contributed by atoms with Crippen molar-refractivity contribution in [3.63, 3.8) is 0 Å². The van der Waals surface area contributed by atoms with Crippen LogP contribution in [0.15, 0.2) is 30.7 Å². The van der Waals surface area contributed by atoms with E-state index in [0.29, 0.717) is 0 Å². The third-order valence-electron chi connectivity index (χ3n) is 3.63. The largest absolute Gasteiger partial charge is 0.351 e. The summed E-state index contributed by atoms with van der Waals surface area (Å²) in [6, 6.07) is 3.29. The first-order valence-corrected chi connectivity index (χ1v) is 6.76. The summed E-state index contributed by atoms with van der Waals surface area (Å²) < 4.78 is 1.47. The third kappa shape index (κ3) is 2.42. The van der Waals surface area contributed by atoms with Gasteiger partial charge < -0.3 is 11.1 Å². The summed E-state index contributed by atoms with van der Waals surface area (Å²) in [5, 5.41) is 3.31. The highest BCUT2D eigenvalue weighted by Gasteiger charge is 2.23. The van der Waals surface area contributed by atoms with Crippen LogP contribution in [0.3, 0.4) is 0 Å². The number of pyridine rings is 1. The van der Waals surface area contributed by atoms with Crippen molar-refractivity contribution in [3.05, 3.63) is 36.5 Å². The quantitative estimate of drug-likeness (QED) is 0.863. The maximum absolute atomic E-state index is 11.6. The van der Waals surface area contributed by atoms with Gasteiger partial charge in [0.25, 0.3) is 0 Å². The highest BCUT2D eigenvalue weighted by molar-refractivity contribution is 5.77. The predicted molar refractivity (Wildman–Crippen MR) is 75.3 cm³/mol. The molecule has 2 aromatic heterocycles. The number of nitrogens with zero attached hydrogens (tertiary/aromatic N) is 3. The molecule has 2 aromatic rings. The van der Waals surface area contributed by atoms with E-state index in [4.69, 9.17) is 5.73 Å². The fraction of sp³-hybridized carbons (Fsp3) is 0.357. The van der Waals surface area contributed by atoms with Crippen LogP contribution in [0.4, 0.5) is 4.79 Å². The number of aromatic nitrogens is 3. The van der Waals surface area contributed by atoms with E-state index in [1.807, 2.05) is 12.1 Å². The molecule has 0 aliphatic carbocycles. The molecular formula is C14H17N5O. The van der Waals surface area contributed by atoms with Crippen LogP contribution >= 0.6 is 0 Å². The van der Waals surface area contributed by atoms with Gasteiger partial charge in [-0.2, -0.15) is 0 Å². The fourth-order valence-electron chi connectivity index (χ4n) is 2.59. The van der Waals surface area contributed by atoms with Gasteiger partial charge in [-0.3, -0.25) is 9.55 Å². The van der Waals surface area contributed by atoms with Crippen molar-refractivity contribution in [2.75, 3.05) is 13.1 Å². The van der Waals surface area contributed by atoms with Crippen molar-refractivity contribution < 1.29 is 4.79 Å². The predicted octanol–water partition coefficient (Wildman–Crippen LogP) is 1.34. The average molecular weight is 271 g/mol. The summed E-state index contributed by atoms with van der Waals surface area (Å²) in [5.41, 5.74) is 7.10. The van der Waals surface area contributed by atoms with Crippen LogP contribution in [0, 0.1) is 0 Å². The zero-order valence-corrected chi connectivity index (χ0v) is 11.1. The minimum atomic E-state index is -0.485. The summed E-state index contributed by atoms with van der Waals surface area (Å²) in [4.78, 5) is 20.3. The number of carbonyl (C=O) groups excluding carboxylic acids is 1. The number of hydrogen-bond donors (Lipinski definition) is 2. The molecule has 0 saturated carbocycles. The molecule has 0 spiro atoms. The number of primary amides is 1. The highest BCUT2D eigenvalue weighted by Crippen LogP contribution is 2.27. The first-order chi connectivity index (χ1) is 9.75. The van der Waals surface area contributed by atoms with E-state index in [0.717, 1.165) is 43.0 Å². The summed E-state index contributed by atoms with van der Waals surface area (Å²) in [5.74, 6) is 1.03. The zero-order chi connectivity index (χ0) is 13.9. The molecule has 6 nitrogen and oxygen atoms in total. The summed E-state index contributed by atoms with van der Waals surface area (Å²) in [6.45, 7) is 1.89. The van der Waals surface area contributed by atoms with Gasteiger partial charge in [-0.05, 0) is 38.1 Å². The molecule has 0 bridgehead atoms. The highest BCUT2D eigenvalue weighted by atomic mass is 16.2. The molecule has 0 unspecified atom stereocenters. The minimum absolute atomic E-state index is 0.272. The van der Waals surface area contributed by atoms with Gasteiger partial charge >= 0.3 is 6.03 Å². The second-order valence-electron chi connectivity index (χ2n) is 4.96. The van der Waals surface area contributed by atoms with Crippen LogP contribution in [0.25, 0.3) is 11.3 Å². The number of nitrogens with two attached hydrogens (primary N) is 1. The average Bonchev–Trinajstić information content (AvgIpc) is 2.94. The molecule has 6 heteroatoms. The van der Waals surface area contributed by atoms with Crippen LogP contribution < -0.4 is 11.1 Å². The Labute approximate surface area is 117 Å². The molecule has 1 aliphatic heterocycles. The Balaban J connectivity index is 2.00. The Bertz CT molecular complexity index is 601. The Morgan fingerprint density at radius 1 is 1.40 bits per heavy atom. The van der Waals surface area contributed by atoms with E-state index in [-0.39, 0.29) is 5.92 Å². The molecule has 0 aromatic carbocycles. The van der Waals surface area contributed by atoms with E-state index >= 15 is 0 Å². The first-order valence-electron chi connectivity index (χ1n) is 6.76. The standard InChI is InChI=1S/C14H17N5O/c15-14(20)19-9-12(11-2-1-5-17-8-11)18-13(19)10-3-6-16-7-4-10/h1-2,5,8-10,16H,3-4,6-7H2,(H2,15,20). The van der Waals surface area contributed by atoms with Gasteiger partial charge in [0.2, 0.25) is 0 Å². The number of hydrogen-bond acceptors (Lipinski definition) is 4. The Kier molecular flexibility index (Phi) is 3.47. The van der Waals surface area contributed by atoms with Crippen LogP contribution in [-0.2, 0) is 0 Å². The number of amides is 1. The monoisotopic (exact) mass is 271 g/mol. The van der Waals surface area contributed by atoms with Crippen molar-refractivity contribution in [2.45, 2.75) is 18.8 Å². The lowest BCUT2D eigenvalue weighted by molar-refractivity contribution is 0.248. The first kappa shape index (κ1) is 12.8. The number of rotatable bonds is 2. The van der Waals surface area contributed by atoms with Crippen molar-refractivity contribution in [1.82, 2.24) is 19.9 Å². The maximum Gasteiger partial charge on any atom is 0.324 e. The van der Waals surface area contributed by atoms with Crippen molar-refractivity contribution in [3.8, 4) is 11.3 Å². The van der Waals surface area contributed by atoms with Gasteiger partial charge in [0.1, 0.15) is 5.82 Å². The zero-order valence-electron chi connectivity index (χ0n) is 11.1. The SMILES string of the molecule is NC(=O)n1cc(-c2cccnc2)nc1C1CCNCC1. The minimum Gasteiger partial charge on any atom is -0.351 e. The van der Waals surface area contributed by atoms with Crippen LogP contribution in [0.5, 0.6) is 0 Å². The topological polar surface area (TPSA) is 85.8 Å². The van der Waals surface area contributed by atoms with E-state index in [1.54, 1.807) is 18.6 Å². The second-order valence-corrected chi connectivity index (χ2v) is 4.96. The number of nitrogens with one attached hydrogen (secondary N) is 1. The lowest BCUT2D eigenvalue weighted by Crippen LogP contribution is -2.30. The van der Waals surface area contributed by atoms with Crippen LogP contribution in [-0.4, -0.2) is 33.7 Å². The maximum atomic E-state index is 11.6. The number of piperidine rings is 1. The van der Waals surface area contributed by atoms with Crippen molar-refractivity contribution in [1.29, 1.82) is 0 Å². The van der Waals surface area contributed by atoms with E-state index in [1.165, 1.54) is 4.57 Å². The molecule has 1 fully saturated rings. The molecule has 3 heterocycles. The Hall–Kier alpha value is -2.21. The molecule has 1 aliphatic rings. The molecule has 20 heavy (non-hydrogen) atoms. The van der Waals surface area contributed by atoms with Gasteiger partial charge in [-0.1, -0.05) is 0 Å². The molecule has 1 saturated heterocycles. The summed E-state index contributed by atoms with van der Waals surface area (Å²) in [7, 11) is 0. The van der Waals surface area contributed by atoms with E-state index in [9.17, 15) is 4.79 Å². The lowest BCUT2D eigenvalue weighted by atomic mass is 9.97. The van der Waals surface area contributed by atoms with Gasteiger partial charge in [0.15, 0.2) is 0 Å². The Morgan fingerprint density at radius 2 is 2.20 bits per heavy atom. The fourth-order valence-corrected chi connectivity index (χ4v) is 2.59. The van der Waals surface area contributed by atoms with Crippen molar-refractivity contribution in [2.24, 2.45) is 5.73 Å². The van der Waals surface area contributed by atoms with Gasteiger partial charge in [0.05, 0.1) is 5.69 Å². The van der Waals surface area contributed by atoms with E-state index < -0.39 is 6.03 Å². The molecule has 3 N–H and O–H groups in total. The normalized spacial score (nSPS) is 16.2. The molecule has 0 radical (unpaired) electrons. The summed E-state index contributed by atoms with van der Waals surface area (Å²) >= 11 is 0. The van der Waals surface area contributed by atoms with Gasteiger partial charge in [-0.15, -0.1) is 0 Å². The second kappa shape index (κ2) is 5.42. The molecule has 104 valence electrons. The van der Waals surface area contributed by atoms with E-state index in [2.05, 4.69) is 15.3 Å². The van der Waals surface area contributed by atoms with Gasteiger partial charge in [-0.25, -0.2) is 9.78 Å². The number of carbonyl (C=O) groups is 1. The lowest BCUT2D eigenvalue weighted by Gasteiger charge is -2.22. The van der Waals surface area contributed by atoms with Gasteiger partial charge in [0, 0.05) is 30.1 Å². The molecule has 0 atom stereocenters. The smallest absolute Gasteiger partial charge is 0.324 e.